The number of aromatic hydroxyl groups is 2. The number of nitriles is 1. The van der Waals surface area contributed by atoms with E-state index in [9.17, 15) is 30.6 Å². The number of allylic oxidation sites excluding steroid dienone is 2. The first-order chi connectivity index (χ1) is 21.7. The van der Waals surface area contributed by atoms with Crippen LogP contribution in [0.1, 0.15) is 70.1 Å². The van der Waals surface area contributed by atoms with E-state index in [1.807, 2.05) is 13.8 Å². The number of nitrogens with zero attached hydrogens (tertiary/aromatic N) is 10. The summed E-state index contributed by atoms with van der Waals surface area (Å²) in [4.78, 5) is 27.6. The van der Waals surface area contributed by atoms with Gasteiger partial charge in [-0.2, -0.15) is 5.26 Å². The SMILES string of the molecule is CCCCn1c(O)c(N=NC(=[N-])/C=C(/C)O)c(C)c(C#N)c1=O.[C-]#[N+]c1c(C)c(N=NC(=[N-])/C=C(/C)O)c(O)n(CCCC)c1=O.[Cu+2]. The van der Waals surface area contributed by atoms with E-state index in [0.29, 0.717) is 12.8 Å². The Hall–Kier alpha value is -5.38. The van der Waals surface area contributed by atoms with Crippen LogP contribution in [-0.4, -0.2) is 41.2 Å². The van der Waals surface area contributed by atoms with Crippen LogP contribution in [0.15, 0.2) is 53.7 Å². The summed E-state index contributed by atoms with van der Waals surface area (Å²) in [6.07, 6.45) is 4.83. The first-order valence-corrected chi connectivity index (χ1v) is 14.1. The third-order valence-corrected chi connectivity index (χ3v) is 6.16. The second kappa shape index (κ2) is 19.9. The van der Waals surface area contributed by atoms with Gasteiger partial charge in [0, 0.05) is 18.7 Å². The van der Waals surface area contributed by atoms with Crippen molar-refractivity contribution in [1.29, 1.82) is 5.26 Å². The zero-order valence-electron chi connectivity index (χ0n) is 26.8. The minimum atomic E-state index is -0.589. The van der Waals surface area contributed by atoms with Crippen LogP contribution in [0.4, 0.5) is 17.1 Å². The van der Waals surface area contributed by atoms with Crippen LogP contribution in [0.25, 0.3) is 15.7 Å². The summed E-state index contributed by atoms with van der Waals surface area (Å²) < 4.78 is 2.13. The van der Waals surface area contributed by atoms with Crippen LogP contribution in [0.2, 0.25) is 0 Å². The number of hydrogen-bond acceptors (Lipinski definition) is 9. The first-order valence-electron chi connectivity index (χ1n) is 14.1. The molecule has 2 aromatic rings. The van der Waals surface area contributed by atoms with Crippen molar-refractivity contribution in [2.45, 2.75) is 80.3 Å². The second-order valence-corrected chi connectivity index (χ2v) is 9.85. The Bertz CT molecular complexity index is 1670. The van der Waals surface area contributed by atoms with E-state index in [1.165, 1.54) is 27.7 Å². The van der Waals surface area contributed by atoms with E-state index in [-0.39, 0.29) is 75.4 Å². The van der Waals surface area contributed by atoms with Crippen molar-refractivity contribution in [3.8, 4) is 17.8 Å². The summed E-state index contributed by atoms with van der Waals surface area (Å²) in [6.45, 7) is 17.1. The van der Waals surface area contributed by atoms with Gasteiger partial charge in [-0.25, -0.2) is 4.85 Å². The molecule has 0 aliphatic carbocycles. The van der Waals surface area contributed by atoms with E-state index in [4.69, 9.17) is 22.0 Å². The molecule has 4 N–H and O–H groups in total. The monoisotopic (exact) mass is 695 g/mol. The second-order valence-electron chi connectivity index (χ2n) is 9.85. The number of amidine groups is 2. The maximum absolute atomic E-state index is 12.2. The van der Waals surface area contributed by atoms with Crippen LogP contribution >= 0.6 is 0 Å². The molecule has 0 aromatic carbocycles. The van der Waals surface area contributed by atoms with Gasteiger partial charge >= 0.3 is 17.1 Å². The van der Waals surface area contributed by atoms with Gasteiger partial charge in [-0.15, -0.1) is 0 Å². The van der Waals surface area contributed by atoms with Gasteiger partial charge in [-0.1, -0.05) is 26.7 Å². The molecule has 0 spiro atoms. The summed E-state index contributed by atoms with van der Waals surface area (Å²) in [6, 6.07) is 1.80. The van der Waals surface area contributed by atoms with Crippen molar-refractivity contribution < 1.29 is 37.5 Å². The molecule has 0 bridgehead atoms. The number of hydrogen-bond donors (Lipinski definition) is 4. The smallest absolute Gasteiger partial charge is 0.513 e. The van der Waals surface area contributed by atoms with Crippen molar-refractivity contribution in [2.75, 3.05) is 0 Å². The van der Waals surface area contributed by atoms with Gasteiger partial charge in [0.25, 0.3) is 16.8 Å². The summed E-state index contributed by atoms with van der Waals surface area (Å²) >= 11 is 0. The van der Waals surface area contributed by atoms with Crippen molar-refractivity contribution in [3.05, 3.63) is 83.3 Å². The summed E-state index contributed by atoms with van der Waals surface area (Å²) in [5.74, 6) is -2.31. The van der Waals surface area contributed by atoms with Gasteiger partial charge < -0.3 is 41.5 Å². The van der Waals surface area contributed by atoms with Crippen LogP contribution in [0.5, 0.6) is 11.8 Å². The number of rotatable bonds is 10. The molecule has 2 aromatic heterocycles. The number of pyridine rings is 2. The van der Waals surface area contributed by atoms with E-state index >= 15 is 0 Å². The summed E-state index contributed by atoms with van der Waals surface area (Å²) in [5, 5.41) is 80.9. The molecule has 0 atom stereocenters. The number of aromatic nitrogens is 2. The van der Waals surface area contributed by atoms with Crippen molar-refractivity contribution in [1.82, 2.24) is 9.13 Å². The quantitative estimate of drug-likeness (QED) is 0.0518. The molecule has 0 aliphatic rings. The van der Waals surface area contributed by atoms with Gasteiger partial charge in [-0.05, 0) is 69.9 Å². The van der Waals surface area contributed by atoms with Gasteiger partial charge in [0.1, 0.15) is 23.0 Å². The zero-order valence-corrected chi connectivity index (χ0v) is 27.7. The van der Waals surface area contributed by atoms with Crippen molar-refractivity contribution in [2.24, 2.45) is 20.5 Å². The minimum Gasteiger partial charge on any atom is -0.513 e. The molecule has 16 nitrogen and oxygen atoms in total. The van der Waals surface area contributed by atoms with E-state index in [0.717, 1.165) is 34.1 Å². The van der Waals surface area contributed by atoms with Gasteiger partial charge in [0.15, 0.2) is 0 Å². The summed E-state index contributed by atoms with van der Waals surface area (Å²) in [5.41, 5.74) is -1.26. The molecule has 0 saturated carbocycles. The molecule has 2 heterocycles. The van der Waals surface area contributed by atoms with Crippen LogP contribution in [0.3, 0.4) is 0 Å². The standard InChI is InChI=1S/2C15H18N5O3.Cu/c1-5-6-7-20-14(22)12(17-4)10(3)13(15(20)23)19-18-11(16)8-9(2)21;1-4-5-6-20-14(22)11(8-16)10(3)13(15(20)23)19-18-12(17)7-9(2)21;/h8,21,23H,5-7H2,1-3H3;7,21,23H,4-6H2,1-3H3;/q2*-1;+2/b9-8-,19-18?;9-7-,19-18?;. The fourth-order valence-electron chi connectivity index (χ4n) is 3.78. The fourth-order valence-corrected chi connectivity index (χ4v) is 3.78. The van der Waals surface area contributed by atoms with Gasteiger partial charge in [0.05, 0.1) is 18.1 Å². The Kier molecular flexibility index (Phi) is 17.6. The van der Waals surface area contributed by atoms with Crippen LogP contribution < -0.4 is 11.1 Å². The van der Waals surface area contributed by atoms with Crippen LogP contribution in [0, 0.1) is 31.8 Å². The van der Waals surface area contributed by atoms with Gasteiger partial charge in [-0.3, -0.25) is 29.0 Å². The molecular weight excluding hydrogens is 660 g/mol. The molecule has 253 valence electrons. The Morgan fingerprint density at radius 1 is 0.872 bits per heavy atom. The predicted octanol–water partition coefficient (Wildman–Crippen LogP) is 6.77. The fraction of sp³-hybridized carbons (Fsp3) is 0.400. The maximum atomic E-state index is 12.2. The third kappa shape index (κ3) is 11.5. The molecule has 0 unspecified atom stereocenters. The molecule has 17 heteroatoms. The number of aliphatic hydroxyl groups is 2. The van der Waals surface area contributed by atoms with E-state index in [2.05, 4.69) is 25.3 Å². The first kappa shape index (κ1) is 41.6. The Morgan fingerprint density at radius 2 is 1.28 bits per heavy atom. The summed E-state index contributed by atoms with van der Waals surface area (Å²) in [7, 11) is 0. The molecule has 0 saturated heterocycles. The number of aliphatic hydroxyl groups excluding tert-OH is 2. The maximum Gasteiger partial charge on any atom is 2.00 e. The Morgan fingerprint density at radius 3 is 1.64 bits per heavy atom. The molecule has 0 aliphatic heterocycles. The molecule has 0 amide bonds. The Labute approximate surface area is 282 Å². The number of unbranched alkanes of at least 4 members (excludes halogenated alkanes) is 2. The molecule has 0 fully saturated rings. The van der Waals surface area contributed by atoms with Crippen molar-refractivity contribution in [3.63, 3.8) is 0 Å². The predicted molar refractivity (Wildman–Crippen MR) is 174 cm³/mol. The topological polar surface area (TPSA) is 247 Å². The molecular formula is C30H36CuN10O6. The average molecular weight is 696 g/mol. The largest absolute Gasteiger partial charge is 2.00 e. The van der Waals surface area contributed by atoms with E-state index < -0.39 is 34.5 Å². The van der Waals surface area contributed by atoms with Crippen molar-refractivity contribution >= 4 is 28.7 Å². The normalized spacial score (nSPS) is 11.4. The molecule has 1 radical (unpaired) electrons. The van der Waals surface area contributed by atoms with Gasteiger partial charge in [0.2, 0.25) is 11.8 Å². The minimum absolute atomic E-state index is 0. The van der Waals surface area contributed by atoms with E-state index in [1.54, 1.807) is 6.07 Å². The number of azo groups is 2. The zero-order chi connectivity index (χ0) is 35.1. The molecule has 47 heavy (non-hydrogen) atoms. The van der Waals surface area contributed by atoms with Crippen LogP contribution in [-0.2, 0) is 30.2 Å². The average Bonchev–Trinajstić information content (AvgIpc) is 2.97. The Balaban J connectivity index is 0.000000882. The molecule has 2 rings (SSSR count). The third-order valence-electron chi connectivity index (χ3n) is 6.16.